The van der Waals surface area contributed by atoms with E-state index in [9.17, 15) is 13.2 Å². The second-order valence-electron chi connectivity index (χ2n) is 5.12. The van der Waals surface area contributed by atoms with Gasteiger partial charge in [0.1, 0.15) is 18.0 Å². The molecule has 7 heteroatoms. The maximum absolute atomic E-state index is 13.0. The molecule has 1 aromatic heterocycles. The molecule has 1 fully saturated rings. The Hall–Kier alpha value is -2.31. The molecule has 0 spiro atoms. The van der Waals surface area contributed by atoms with Crippen LogP contribution in [0, 0.1) is 0 Å². The highest BCUT2D eigenvalue weighted by Gasteiger charge is 2.33. The Labute approximate surface area is 126 Å². The predicted octanol–water partition coefficient (Wildman–Crippen LogP) is 3.84. The molecule has 1 aromatic carbocycles. The maximum Gasteiger partial charge on any atom is 0.418 e. The lowest BCUT2D eigenvalue weighted by Gasteiger charge is -2.17. The van der Waals surface area contributed by atoms with Gasteiger partial charge in [-0.25, -0.2) is 9.97 Å². The summed E-state index contributed by atoms with van der Waals surface area (Å²) in [6.45, 7) is 1.82. The van der Waals surface area contributed by atoms with Crippen molar-refractivity contribution in [1.82, 2.24) is 9.97 Å². The van der Waals surface area contributed by atoms with Crippen LogP contribution in [0.4, 0.5) is 30.5 Å². The summed E-state index contributed by atoms with van der Waals surface area (Å²) in [5, 5.41) is 2.75. The number of hydrogen-bond acceptors (Lipinski definition) is 4. The third kappa shape index (κ3) is 3.13. The van der Waals surface area contributed by atoms with E-state index in [4.69, 9.17) is 0 Å². The van der Waals surface area contributed by atoms with Gasteiger partial charge in [0.05, 0.1) is 11.3 Å². The van der Waals surface area contributed by atoms with Crippen molar-refractivity contribution in [1.29, 1.82) is 0 Å². The smallest absolute Gasteiger partial charge is 0.356 e. The van der Waals surface area contributed by atoms with Gasteiger partial charge in [-0.1, -0.05) is 12.1 Å². The van der Waals surface area contributed by atoms with Crippen LogP contribution in [0.3, 0.4) is 0 Å². The van der Waals surface area contributed by atoms with Crippen LogP contribution in [-0.4, -0.2) is 23.1 Å². The number of nitrogens with one attached hydrogen (secondary N) is 1. The van der Waals surface area contributed by atoms with Crippen molar-refractivity contribution in [3.63, 3.8) is 0 Å². The van der Waals surface area contributed by atoms with E-state index in [1.165, 1.54) is 18.5 Å². The first-order valence-corrected chi connectivity index (χ1v) is 7.04. The van der Waals surface area contributed by atoms with Gasteiger partial charge >= 0.3 is 6.18 Å². The van der Waals surface area contributed by atoms with E-state index < -0.39 is 11.7 Å². The first-order chi connectivity index (χ1) is 10.5. The molecule has 0 bridgehead atoms. The lowest BCUT2D eigenvalue weighted by atomic mass is 10.1. The Kier molecular flexibility index (Phi) is 3.87. The number of aromatic nitrogens is 2. The number of anilines is 3. The summed E-state index contributed by atoms with van der Waals surface area (Å²) in [7, 11) is 0. The lowest BCUT2D eigenvalue weighted by molar-refractivity contribution is -0.136. The van der Waals surface area contributed by atoms with Crippen LogP contribution in [0.5, 0.6) is 0 Å². The van der Waals surface area contributed by atoms with Crippen molar-refractivity contribution >= 4 is 17.3 Å². The Morgan fingerprint density at radius 1 is 1.05 bits per heavy atom. The molecule has 2 aromatic rings. The fourth-order valence-electron chi connectivity index (χ4n) is 2.51. The molecule has 0 saturated carbocycles. The van der Waals surface area contributed by atoms with Gasteiger partial charge in [-0.15, -0.1) is 0 Å². The monoisotopic (exact) mass is 308 g/mol. The molecular formula is C15H15F3N4. The van der Waals surface area contributed by atoms with Gasteiger partial charge in [-0.3, -0.25) is 0 Å². The summed E-state index contributed by atoms with van der Waals surface area (Å²) in [5.74, 6) is 1.09. The fraction of sp³-hybridized carbons (Fsp3) is 0.333. The zero-order valence-corrected chi connectivity index (χ0v) is 11.8. The van der Waals surface area contributed by atoms with Crippen LogP contribution in [0.1, 0.15) is 18.4 Å². The average molecular weight is 308 g/mol. The van der Waals surface area contributed by atoms with E-state index in [-0.39, 0.29) is 5.69 Å². The van der Waals surface area contributed by atoms with Crippen LogP contribution >= 0.6 is 0 Å². The molecule has 1 N–H and O–H groups in total. The standard InChI is InChI=1S/C15H15F3N4/c16-15(17,18)11-5-1-2-6-12(11)21-13-9-14(20-10-19-13)22-7-3-4-8-22/h1-2,5-6,9-10H,3-4,7-8H2,(H,19,20,21). The van der Waals surface area contributed by atoms with Crippen molar-refractivity contribution < 1.29 is 13.2 Å². The molecule has 1 aliphatic rings. The topological polar surface area (TPSA) is 41.0 Å². The van der Waals surface area contributed by atoms with Crippen LogP contribution < -0.4 is 10.2 Å². The summed E-state index contributed by atoms with van der Waals surface area (Å²) in [6, 6.07) is 7.04. The number of hydrogen-bond donors (Lipinski definition) is 1. The van der Waals surface area contributed by atoms with E-state index in [0.29, 0.717) is 5.82 Å². The number of para-hydroxylation sites is 1. The van der Waals surface area contributed by atoms with Gasteiger partial charge in [0.25, 0.3) is 0 Å². The van der Waals surface area contributed by atoms with Crippen molar-refractivity contribution in [2.75, 3.05) is 23.3 Å². The van der Waals surface area contributed by atoms with Gasteiger partial charge in [0, 0.05) is 19.2 Å². The second-order valence-corrected chi connectivity index (χ2v) is 5.12. The first kappa shape index (κ1) is 14.6. The SMILES string of the molecule is FC(F)(F)c1ccccc1Nc1cc(N2CCCC2)ncn1. The summed E-state index contributed by atoms with van der Waals surface area (Å²) in [6.07, 6.45) is -0.839. The van der Waals surface area contributed by atoms with Crippen LogP contribution in [0.15, 0.2) is 36.7 Å². The highest BCUT2D eigenvalue weighted by Crippen LogP contribution is 2.35. The maximum atomic E-state index is 13.0. The average Bonchev–Trinajstić information content (AvgIpc) is 3.01. The van der Waals surface area contributed by atoms with Crippen LogP contribution in [0.25, 0.3) is 0 Å². The molecule has 1 aliphatic heterocycles. The number of rotatable bonds is 3. The minimum atomic E-state index is -4.41. The third-order valence-corrected chi connectivity index (χ3v) is 3.58. The summed E-state index contributed by atoms with van der Waals surface area (Å²) in [5.41, 5.74) is -0.725. The molecule has 116 valence electrons. The van der Waals surface area contributed by atoms with Crippen LogP contribution in [0.2, 0.25) is 0 Å². The van der Waals surface area contributed by atoms with Gasteiger partial charge in [-0.05, 0) is 25.0 Å². The number of benzene rings is 1. The molecule has 0 radical (unpaired) electrons. The number of nitrogens with zero attached hydrogens (tertiary/aromatic N) is 3. The predicted molar refractivity (Wildman–Crippen MR) is 78.2 cm³/mol. The molecule has 0 atom stereocenters. The van der Waals surface area contributed by atoms with Gasteiger partial charge in [0.15, 0.2) is 0 Å². The highest BCUT2D eigenvalue weighted by atomic mass is 19.4. The highest BCUT2D eigenvalue weighted by molar-refractivity contribution is 5.63. The van der Waals surface area contributed by atoms with E-state index in [1.54, 1.807) is 12.1 Å². The zero-order valence-electron chi connectivity index (χ0n) is 11.8. The molecule has 4 nitrogen and oxygen atoms in total. The minimum Gasteiger partial charge on any atom is -0.356 e. The normalized spacial score (nSPS) is 15.1. The summed E-state index contributed by atoms with van der Waals surface area (Å²) in [4.78, 5) is 10.3. The molecule has 22 heavy (non-hydrogen) atoms. The Morgan fingerprint density at radius 3 is 2.50 bits per heavy atom. The minimum absolute atomic E-state index is 0.0129. The van der Waals surface area contributed by atoms with Crippen LogP contribution in [-0.2, 0) is 6.18 Å². The van der Waals surface area contributed by atoms with Crippen molar-refractivity contribution in [3.8, 4) is 0 Å². The second kappa shape index (κ2) is 5.82. The van der Waals surface area contributed by atoms with Gasteiger partial charge in [0.2, 0.25) is 0 Å². The summed E-state index contributed by atoms with van der Waals surface area (Å²) < 4.78 is 39.0. The fourth-order valence-corrected chi connectivity index (χ4v) is 2.51. The van der Waals surface area contributed by atoms with Gasteiger partial charge in [-0.2, -0.15) is 13.2 Å². The van der Waals surface area contributed by atoms with E-state index in [1.807, 2.05) is 0 Å². The van der Waals surface area contributed by atoms with Crippen molar-refractivity contribution in [2.24, 2.45) is 0 Å². The van der Waals surface area contributed by atoms with E-state index >= 15 is 0 Å². The quantitative estimate of drug-likeness (QED) is 0.935. The first-order valence-electron chi connectivity index (χ1n) is 7.04. The molecule has 3 rings (SSSR count). The lowest BCUT2D eigenvalue weighted by Crippen LogP contribution is -2.19. The Morgan fingerprint density at radius 2 is 1.77 bits per heavy atom. The van der Waals surface area contributed by atoms with E-state index in [0.717, 1.165) is 37.8 Å². The largest absolute Gasteiger partial charge is 0.418 e. The molecule has 0 aliphatic carbocycles. The Bertz CT molecular complexity index is 651. The molecule has 1 saturated heterocycles. The molecule has 0 unspecified atom stereocenters. The number of halogens is 3. The molecular weight excluding hydrogens is 293 g/mol. The third-order valence-electron chi connectivity index (χ3n) is 3.58. The molecule has 2 heterocycles. The van der Waals surface area contributed by atoms with Crippen molar-refractivity contribution in [3.05, 3.63) is 42.2 Å². The van der Waals surface area contributed by atoms with E-state index in [2.05, 4.69) is 20.2 Å². The molecule has 0 amide bonds. The zero-order chi connectivity index (χ0) is 15.6. The van der Waals surface area contributed by atoms with Gasteiger partial charge < -0.3 is 10.2 Å². The number of alkyl halides is 3. The summed E-state index contributed by atoms with van der Waals surface area (Å²) >= 11 is 0. The Balaban J connectivity index is 1.86. The van der Waals surface area contributed by atoms with Crippen molar-refractivity contribution in [2.45, 2.75) is 19.0 Å².